The minimum Gasteiger partial charge on any atom is -0.223 e. The molecule has 82 valence electrons. The lowest BCUT2D eigenvalue weighted by atomic mass is 10.1. The van der Waals surface area contributed by atoms with Crippen LogP contribution in [0.1, 0.15) is 5.56 Å². The normalized spacial score (nSPS) is 10.5. The molecule has 0 saturated heterocycles. The van der Waals surface area contributed by atoms with Crippen molar-refractivity contribution in [3.05, 3.63) is 46.1 Å². The van der Waals surface area contributed by atoms with E-state index in [1.807, 2.05) is 6.92 Å². The van der Waals surface area contributed by atoms with E-state index >= 15 is 0 Å². The molecule has 2 aromatic rings. The Bertz CT molecular complexity index is 544. The number of nitrogens with zero attached hydrogens (tertiary/aromatic N) is 2. The van der Waals surface area contributed by atoms with Gasteiger partial charge in [0.1, 0.15) is 5.69 Å². The molecule has 0 fully saturated rings. The van der Waals surface area contributed by atoms with E-state index in [9.17, 15) is 4.39 Å². The lowest BCUT2D eigenvalue weighted by molar-refractivity contribution is 0.618. The third-order valence-corrected chi connectivity index (χ3v) is 2.75. The van der Waals surface area contributed by atoms with E-state index in [0.717, 1.165) is 11.8 Å². The Labute approximate surface area is 102 Å². The zero-order chi connectivity index (χ0) is 11.7. The Hall–Kier alpha value is -1.19. The van der Waals surface area contributed by atoms with Crippen LogP contribution >= 0.6 is 23.2 Å². The van der Waals surface area contributed by atoms with E-state index in [1.165, 1.54) is 0 Å². The highest BCUT2D eigenvalue weighted by molar-refractivity contribution is 6.31. The van der Waals surface area contributed by atoms with Crippen molar-refractivity contribution in [2.75, 3.05) is 0 Å². The van der Waals surface area contributed by atoms with Crippen LogP contribution in [0.25, 0.3) is 11.3 Å². The van der Waals surface area contributed by atoms with Gasteiger partial charge in [-0.15, -0.1) is 0 Å². The van der Waals surface area contributed by atoms with Crippen LogP contribution in [0.4, 0.5) is 4.39 Å². The van der Waals surface area contributed by atoms with Crippen LogP contribution < -0.4 is 0 Å². The van der Waals surface area contributed by atoms with Crippen LogP contribution in [0.15, 0.2) is 24.4 Å². The largest absolute Gasteiger partial charge is 0.223 e. The van der Waals surface area contributed by atoms with Crippen LogP contribution in [0.3, 0.4) is 0 Å². The first kappa shape index (κ1) is 11.3. The average molecular weight is 257 g/mol. The second-order valence-electron chi connectivity index (χ2n) is 3.30. The van der Waals surface area contributed by atoms with Crippen LogP contribution in [-0.2, 0) is 0 Å². The van der Waals surface area contributed by atoms with E-state index in [2.05, 4.69) is 9.97 Å². The molecular formula is C11H7Cl2FN2. The molecule has 0 bridgehead atoms. The molecule has 16 heavy (non-hydrogen) atoms. The molecule has 5 heteroatoms. The number of hydrogen-bond donors (Lipinski definition) is 0. The number of aryl methyl sites for hydroxylation is 1. The van der Waals surface area contributed by atoms with Crippen molar-refractivity contribution < 1.29 is 4.39 Å². The summed E-state index contributed by atoms with van der Waals surface area (Å²) in [5, 5.41) is 0.569. The molecule has 0 spiro atoms. The van der Waals surface area contributed by atoms with E-state index in [1.54, 1.807) is 18.2 Å². The molecule has 1 aromatic heterocycles. The highest BCUT2D eigenvalue weighted by Gasteiger charge is 2.09. The van der Waals surface area contributed by atoms with Gasteiger partial charge in [-0.1, -0.05) is 23.7 Å². The second-order valence-corrected chi connectivity index (χ2v) is 4.04. The van der Waals surface area contributed by atoms with Crippen LogP contribution in [0.2, 0.25) is 10.3 Å². The van der Waals surface area contributed by atoms with Gasteiger partial charge in [0.2, 0.25) is 5.28 Å². The molecule has 2 nitrogen and oxygen atoms in total. The van der Waals surface area contributed by atoms with Crippen molar-refractivity contribution in [1.82, 2.24) is 9.97 Å². The first-order valence-electron chi connectivity index (χ1n) is 4.52. The maximum atomic E-state index is 13.5. The number of halogens is 3. The summed E-state index contributed by atoms with van der Waals surface area (Å²) in [4.78, 5) is 7.39. The third kappa shape index (κ3) is 2.15. The molecular weight excluding hydrogens is 250 g/mol. The Morgan fingerprint density at radius 1 is 1.25 bits per heavy atom. The predicted molar refractivity (Wildman–Crippen MR) is 62.2 cm³/mol. The van der Waals surface area contributed by atoms with Gasteiger partial charge in [0, 0.05) is 10.6 Å². The fourth-order valence-corrected chi connectivity index (χ4v) is 1.60. The molecule has 0 aliphatic rings. The van der Waals surface area contributed by atoms with Crippen LogP contribution in [0.5, 0.6) is 0 Å². The molecule has 0 atom stereocenters. The fraction of sp³-hybridized carbons (Fsp3) is 0.0909. The van der Waals surface area contributed by atoms with Gasteiger partial charge in [0.25, 0.3) is 0 Å². The summed E-state index contributed by atoms with van der Waals surface area (Å²) in [6.45, 7) is 1.87. The monoisotopic (exact) mass is 256 g/mol. The zero-order valence-corrected chi connectivity index (χ0v) is 9.85. The third-order valence-electron chi connectivity index (χ3n) is 2.16. The standard InChI is InChI=1S/C11H7Cl2FN2/c1-6-2-3-7(4-8(6)12)10-9(14)5-15-11(13)16-10/h2-5H,1H3. The van der Waals surface area contributed by atoms with Gasteiger partial charge in [-0.3, -0.25) is 0 Å². The van der Waals surface area contributed by atoms with Crippen molar-refractivity contribution >= 4 is 23.2 Å². The molecule has 2 rings (SSSR count). The highest BCUT2D eigenvalue weighted by atomic mass is 35.5. The molecule has 1 aromatic carbocycles. The van der Waals surface area contributed by atoms with Gasteiger partial charge in [-0.05, 0) is 30.2 Å². The predicted octanol–water partition coefficient (Wildman–Crippen LogP) is 3.90. The first-order valence-corrected chi connectivity index (χ1v) is 5.28. The summed E-state index contributed by atoms with van der Waals surface area (Å²) in [5.74, 6) is -0.524. The average Bonchev–Trinajstić information content (AvgIpc) is 2.26. The summed E-state index contributed by atoms with van der Waals surface area (Å²) < 4.78 is 13.5. The molecule has 0 saturated carbocycles. The van der Waals surface area contributed by atoms with Crippen LogP contribution in [0, 0.1) is 12.7 Å². The summed E-state index contributed by atoms with van der Waals surface area (Å²) in [6.07, 6.45) is 1.04. The summed E-state index contributed by atoms with van der Waals surface area (Å²) in [6, 6.07) is 5.19. The second kappa shape index (κ2) is 4.36. The number of hydrogen-bond acceptors (Lipinski definition) is 2. The van der Waals surface area contributed by atoms with E-state index in [4.69, 9.17) is 23.2 Å². The maximum absolute atomic E-state index is 13.5. The smallest absolute Gasteiger partial charge is 0.223 e. The molecule has 0 aliphatic heterocycles. The lowest BCUT2D eigenvalue weighted by Crippen LogP contribution is -1.92. The number of rotatable bonds is 1. The van der Waals surface area contributed by atoms with Crippen molar-refractivity contribution in [1.29, 1.82) is 0 Å². The minimum absolute atomic E-state index is 0.00750. The molecule has 0 aliphatic carbocycles. The maximum Gasteiger partial charge on any atom is 0.223 e. The zero-order valence-electron chi connectivity index (χ0n) is 8.34. The van der Waals surface area contributed by atoms with E-state index in [0.29, 0.717) is 10.6 Å². The SMILES string of the molecule is Cc1ccc(-c2nc(Cl)ncc2F)cc1Cl. The van der Waals surface area contributed by atoms with Crippen LogP contribution in [-0.4, -0.2) is 9.97 Å². The fourth-order valence-electron chi connectivity index (χ4n) is 1.29. The van der Waals surface area contributed by atoms with Crippen molar-refractivity contribution in [2.45, 2.75) is 6.92 Å². The Morgan fingerprint density at radius 2 is 2.00 bits per heavy atom. The molecule has 1 heterocycles. The highest BCUT2D eigenvalue weighted by Crippen LogP contribution is 2.26. The van der Waals surface area contributed by atoms with Crippen molar-refractivity contribution in [3.63, 3.8) is 0 Å². The topological polar surface area (TPSA) is 25.8 Å². The molecule has 0 amide bonds. The number of aromatic nitrogens is 2. The van der Waals surface area contributed by atoms with Gasteiger partial charge in [0.05, 0.1) is 6.20 Å². The Morgan fingerprint density at radius 3 is 2.69 bits per heavy atom. The van der Waals surface area contributed by atoms with Gasteiger partial charge in [0.15, 0.2) is 5.82 Å². The number of benzene rings is 1. The summed E-state index contributed by atoms with van der Waals surface area (Å²) >= 11 is 11.6. The van der Waals surface area contributed by atoms with Crippen molar-refractivity contribution in [2.24, 2.45) is 0 Å². The van der Waals surface area contributed by atoms with Gasteiger partial charge < -0.3 is 0 Å². The van der Waals surface area contributed by atoms with E-state index in [-0.39, 0.29) is 11.0 Å². The van der Waals surface area contributed by atoms with Crippen molar-refractivity contribution in [3.8, 4) is 11.3 Å². The molecule has 0 unspecified atom stereocenters. The molecule has 0 N–H and O–H groups in total. The minimum atomic E-state index is -0.524. The Balaban J connectivity index is 2.58. The first-order chi connectivity index (χ1) is 7.58. The van der Waals surface area contributed by atoms with Gasteiger partial charge in [-0.25, -0.2) is 14.4 Å². The molecule has 0 radical (unpaired) electrons. The summed E-state index contributed by atoms with van der Waals surface area (Å²) in [7, 11) is 0. The summed E-state index contributed by atoms with van der Waals surface area (Å²) in [5.41, 5.74) is 1.66. The van der Waals surface area contributed by atoms with E-state index < -0.39 is 5.82 Å². The lowest BCUT2D eigenvalue weighted by Gasteiger charge is -2.04. The van der Waals surface area contributed by atoms with Gasteiger partial charge >= 0.3 is 0 Å². The van der Waals surface area contributed by atoms with Gasteiger partial charge in [-0.2, -0.15) is 0 Å². The quantitative estimate of drug-likeness (QED) is 0.724. The Kier molecular flexibility index (Phi) is 3.08.